The molecule has 1 aliphatic rings. The Morgan fingerprint density at radius 3 is 2.29 bits per heavy atom. The first-order chi connectivity index (χ1) is 6.46. The molecule has 0 fully saturated rings. The van der Waals surface area contributed by atoms with Crippen LogP contribution in [0.5, 0.6) is 0 Å². The Morgan fingerprint density at radius 1 is 1.14 bits per heavy atom. The standard InChI is InChI=1S/C13H21N/c1-10(2)12-6-7-13(5,11(3)4)8-9-14-12/h6-11H,1-5H3. The normalized spacial score (nSPS) is 26.9. The van der Waals surface area contributed by atoms with Crippen LogP contribution >= 0.6 is 0 Å². The largest absolute Gasteiger partial charge is 0.261 e. The van der Waals surface area contributed by atoms with Gasteiger partial charge in [0.15, 0.2) is 0 Å². The van der Waals surface area contributed by atoms with Gasteiger partial charge in [0.2, 0.25) is 0 Å². The zero-order valence-electron chi connectivity index (χ0n) is 9.91. The number of rotatable bonds is 2. The molecule has 1 heterocycles. The van der Waals surface area contributed by atoms with Crippen molar-refractivity contribution < 1.29 is 0 Å². The van der Waals surface area contributed by atoms with Crippen LogP contribution in [0.25, 0.3) is 0 Å². The van der Waals surface area contributed by atoms with Gasteiger partial charge in [0, 0.05) is 17.3 Å². The fraction of sp³-hybridized carbons (Fsp3) is 0.615. The van der Waals surface area contributed by atoms with Gasteiger partial charge in [-0.3, -0.25) is 4.99 Å². The van der Waals surface area contributed by atoms with Gasteiger partial charge in [-0.15, -0.1) is 0 Å². The molecule has 0 saturated carbocycles. The number of allylic oxidation sites excluding steroid dienone is 3. The van der Waals surface area contributed by atoms with Gasteiger partial charge < -0.3 is 0 Å². The van der Waals surface area contributed by atoms with Crippen molar-refractivity contribution in [2.75, 3.05) is 0 Å². The van der Waals surface area contributed by atoms with Crippen LogP contribution < -0.4 is 0 Å². The molecule has 1 heteroatoms. The molecule has 1 aliphatic heterocycles. The van der Waals surface area contributed by atoms with E-state index in [4.69, 9.17) is 0 Å². The van der Waals surface area contributed by atoms with E-state index in [1.165, 1.54) is 5.71 Å². The third-order valence-electron chi connectivity index (χ3n) is 3.11. The second kappa shape index (κ2) is 4.12. The van der Waals surface area contributed by atoms with E-state index >= 15 is 0 Å². The predicted octanol–water partition coefficient (Wildman–Crippen LogP) is 3.83. The van der Waals surface area contributed by atoms with E-state index in [-0.39, 0.29) is 5.41 Å². The molecule has 78 valence electrons. The molecular weight excluding hydrogens is 170 g/mol. The summed E-state index contributed by atoms with van der Waals surface area (Å²) in [7, 11) is 0. The highest BCUT2D eigenvalue weighted by molar-refractivity contribution is 5.97. The van der Waals surface area contributed by atoms with Gasteiger partial charge >= 0.3 is 0 Å². The van der Waals surface area contributed by atoms with E-state index in [0.717, 1.165) is 0 Å². The highest BCUT2D eigenvalue weighted by Crippen LogP contribution is 2.31. The SMILES string of the molecule is CC(C)C1=NC=CC(C)(C(C)C)C=C1. The molecule has 0 spiro atoms. The first-order valence-electron chi connectivity index (χ1n) is 5.40. The van der Waals surface area contributed by atoms with Gasteiger partial charge in [-0.1, -0.05) is 46.8 Å². The molecular formula is C13H21N. The lowest BCUT2D eigenvalue weighted by molar-refractivity contribution is 0.383. The summed E-state index contributed by atoms with van der Waals surface area (Å²) >= 11 is 0. The molecule has 0 N–H and O–H groups in total. The molecule has 1 atom stereocenters. The third kappa shape index (κ3) is 2.34. The summed E-state index contributed by atoms with van der Waals surface area (Å²) in [6.45, 7) is 11.1. The lowest BCUT2D eigenvalue weighted by Gasteiger charge is -2.25. The zero-order valence-corrected chi connectivity index (χ0v) is 9.91. The Bertz CT molecular complexity index is 282. The molecule has 0 aliphatic carbocycles. The Labute approximate surface area is 87.6 Å². The van der Waals surface area contributed by atoms with Crippen molar-refractivity contribution >= 4 is 5.71 Å². The summed E-state index contributed by atoms with van der Waals surface area (Å²) in [5.74, 6) is 1.11. The lowest BCUT2D eigenvalue weighted by Crippen LogP contribution is -2.17. The number of hydrogen-bond donors (Lipinski definition) is 0. The second-order valence-corrected chi connectivity index (χ2v) is 4.88. The van der Waals surface area contributed by atoms with Crippen LogP contribution in [-0.2, 0) is 0 Å². The van der Waals surface area contributed by atoms with Crippen LogP contribution in [0, 0.1) is 17.3 Å². The number of nitrogens with zero attached hydrogens (tertiary/aromatic N) is 1. The minimum absolute atomic E-state index is 0.153. The zero-order chi connectivity index (χ0) is 10.8. The van der Waals surface area contributed by atoms with E-state index in [1.807, 2.05) is 6.20 Å². The Morgan fingerprint density at radius 2 is 1.79 bits per heavy atom. The van der Waals surface area contributed by atoms with Crippen molar-refractivity contribution in [3.63, 3.8) is 0 Å². The predicted molar refractivity (Wildman–Crippen MR) is 63.5 cm³/mol. The number of hydrogen-bond acceptors (Lipinski definition) is 1. The van der Waals surface area contributed by atoms with E-state index in [2.05, 4.69) is 57.8 Å². The summed E-state index contributed by atoms with van der Waals surface area (Å²) in [6.07, 6.45) is 8.60. The molecule has 0 amide bonds. The van der Waals surface area contributed by atoms with E-state index in [1.54, 1.807) is 0 Å². The lowest BCUT2D eigenvalue weighted by atomic mass is 9.79. The highest BCUT2D eigenvalue weighted by Gasteiger charge is 2.23. The minimum atomic E-state index is 0.153. The average Bonchev–Trinajstić information content (AvgIpc) is 2.28. The topological polar surface area (TPSA) is 12.4 Å². The maximum absolute atomic E-state index is 4.45. The summed E-state index contributed by atoms with van der Waals surface area (Å²) < 4.78 is 0. The monoisotopic (exact) mass is 191 g/mol. The maximum Gasteiger partial charge on any atom is 0.0426 e. The van der Waals surface area contributed by atoms with E-state index in [0.29, 0.717) is 11.8 Å². The van der Waals surface area contributed by atoms with E-state index < -0.39 is 0 Å². The van der Waals surface area contributed by atoms with Gasteiger partial charge in [0.05, 0.1) is 0 Å². The molecule has 14 heavy (non-hydrogen) atoms. The van der Waals surface area contributed by atoms with Crippen LogP contribution in [0.3, 0.4) is 0 Å². The highest BCUT2D eigenvalue weighted by atomic mass is 14.7. The molecule has 1 unspecified atom stereocenters. The van der Waals surface area contributed by atoms with Crippen LogP contribution in [-0.4, -0.2) is 5.71 Å². The third-order valence-corrected chi connectivity index (χ3v) is 3.11. The summed E-state index contributed by atoms with van der Waals surface area (Å²) in [5, 5.41) is 0. The molecule has 0 bridgehead atoms. The second-order valence-electron chi connectivity index (χ2n) is 4.88. The van der Waals surface area contributed by atoms with Crippen molar-refractivity contribution in [3.05, 3.63) is 24.4 Å². The van der Waals surface area contributed by atoms with Gasteiger partial charge in [-0.25, -0.2) is 0 Å². The smallest absolute Gasteiger partial charge is 0.0426 e. The van der Waals surface area contributed by atoms with E-state index in [9.17, 15) is 0 Å². The van der Waals surface area contributed by atoms with Crippen molar-refractivity contribution in [1.82, 2.24) is 0 Å². The molecule has 0 aromatic rings. The van der Waals surface area contributed by atoms with Gasteiger partial charge in [-0.2, -0.15) is 0 Å². The maximum atomic E-state index is 4.45. The Kier molecular flexibility index (Phi) is 3.30. The quantitative estimate of drug-likeness (QED) is 0.629. The molecule has 1 rings (SSSR count). The minimum Gasteiger partial charge on any atom is -0.261 e. The van der Waals surface area contributed by atoms with Crippen molar-refractivity contribution in [2.45, 2.75) is 34.6 Å². The molecule has 0 aromatic heterocycles. The van der Waals surface area contributed by atoms with Gasteiger partial charge in [0.25, 0.3) is 0 Å². The molecule has 0 aromatic carbocycles. The Hall–Kier alpha value is -0.850. The average molecular weight is 191 g/mol. The summed E-state index contributed by atoms with van der Waals surface area (Å²) in [4.78, 5) is 4.45. The molecule has 1 nitrogen and oxygen atoms in total. The number of aliphatic imine (C=N–C) groups is 1. The van der Waals surface area contributed by atoms with Crippen molar-refractivity contribution in [2.24, 2.45) is 22.2 Å². The van der Waals surface area contributed by atoms with Crippen LogP contribution in [0.1, 0.15) is 34.6 Å². The van der Waals surface area contributed by atoms with Gasteiger partial charge in [0.1, 0.15) is 0 Å². The fourth-order valence-electron chi connectivity index (χ4n) is 1.37. The van der Waals surface area contributed by atoms with Crippen molar-refractivity contribution in [3.8, 4) is 0 Å². The first kappa shape index (κ1) is 11.2. The summed E-state index contributed by atoms with van der Waals surface area (Å²) in [6, 6.07) is 0. The Balaban J connectivity index is 2.92. The molecule has 0 saturated heterocycles. The van der Waals surface area contributed by atoms with Crippen LogP contribution in [0.2, 0.25) is 0 Å². The summed E-state index contributed by atoms with van der Waals surface area (Å²) in [5.41, 5.74) is 1.32. The van der Waals surface area contributed by atoms with Crippen molar-refractivity contribution in [1.29, 1.82) is 0 Å². The molecule has 0 radical (unpaired) electrons. The first-order valence-corrected chi connectivity index (χ1v) is 5.40. The van der Waals surface area contributed by atoms with Gasteiger partial charge in [-0.05, 0) is 17.9 Å². The fourth-order valence-corrected chi connectivity index (χ4v) is 1.37. The van der Waals surface area contributed by atoms with Crippen LogP contribution in [0.4, 0.5) is 0 Å². The van der Waals surface area contributed by atoms with Crippen LogP contribution in [0.15, 0.2) is 29.4 Å².